The zero-order valence-electron chi connectivity index (χ0n) is 16.5. The van der Waals surface area contributed by atoms with Gasteiger partial charge in [-0.1, -0.05) is 23.9 Å². The molecule has 1 aromatic carbocycles. The van der Waals surface area contributed by atoms with Crippen molar-refractivity contribution in [2.45, 2.75) is 19.3 Å². The molecule has 0 bridgehead atoms. The van der Waals surface area contributed by atoms with E-state index in [-0.39, 0.29) is 130 Å². The van der Waals surface area contributed by atoms with E-state index in [0.717, 1.165) is 0 Å². The monoisotopic (exact) mass is 448 g/mol. The number of hydrogen-bond donors (Lipinski definition) is 2. The molecule has 0 aliphatic rings. The Kier molecular flexibility index (Phi) is 39.4. The minimum atomic E-state index is -1.63. The van der Waals surface area contributed by atoms with Crippen LogP contribution in [0.5, 0.6) is 5.75 Å². The van der Waals surface area contributed by atoms with Gasteiger partial charge in [0.1, 0.15) is 0 Å². The molecule has 0 radical (unpaired) electrons. The van der Waals surface area contributed by atoms with Gasteiger partial charge in [-0.2, -0.15) is 0 Å². The van der Waals surface area contributed by atoms with Gasteiger partial charge in [-0.15, -0.1) is 0 Å². The summed E-state index contributed by atoms with van der Waals surface area (Å²) in [5, 5.41) is 55.0. The topological polar surface area (TPSA) is 218 Å². The molecule has 0 unspecified atom stereocenters. The molecule has 2 N–H and O–H groups in total. The summed E-state index contributed by atoms with van der Waals surface area (Å²) >= 11 is 0. The molecule has 0 fully saturated rings. The molecule has 0 aliphatic carbocycles. The van der Waals surface area contributed by atoms with Crippen molar-refractivity contribution in [3.8, 4) is 5.75 Å². The van der Waals surface area contributed by atoms with E-state index < -0.39 is 48.4 Å². The van der Waals surface area contributed by atoms with Crippen molar-refractivity contribution >= 4 is 29.8 Å². The Bertz CT molecular complexity index is 612. The third-order valence-electron chi connectivity index (χ3n) is 1.95. The van der Waals surface area contributed by atoms with Crippen molar-refractivity contribution in [1.82, 2.24) is 0 Å². The van der Waals surface area contributed by atoms with Crippen LogP contribution in [-0.2, 0) is 19.2 Å². The second-order valence-electron chi connectivity index (χ2n) is 3.99. The van der Waals surface area contributed by atoms with Gasteiger partial charge < -0.3 is 45.0 Å². The van der Waals surface area contributed by atoms with E-state index in [1.165, 1.54) is 24.3 Å². The van der Waals surface area contributed by atoms with Crippen LogP contribution in [0.25, 0.3) is 0 Å². The Labute approximate surface area is 254 Å². The summed E-state index contributed by atoms with van der Waals surface area (Å²) in [4.78, 5) is 47.9. The molecular weight excluding hydrogens is 436 g/mol. The van der Waals surface area contributed by atoms with Crippen molar-refractivity contribution in [1.29, 1.82) is 0 Å². The van der Waals surface area contributed by atoms with Crippen molar-refractivity contribution in [3.63, 3.8) is 0 Å². The standard InChI is InChI=1S/C7H6O3.C4H6O4.C3H4O4.4Na/c8-6-4-2-1-3-5(6)7(9)10;5-3(6)1-2-4(7)8;4-2(5)1-3(6)7;;;;/h1-4,8H,(H,9,10);1-2H2,(H,5,6)(H,7,8);1H2,(H,4,5)(H,6,7);;;;/q;;;4*+1/p-4. The minimum Gasteiger partial charge on any atom is -0.872 e. The van der Waals surface area contributed by atoms with Gasteiger partial charge in [0, 0.05) is 24.3 Å². The van der Waals surface area contributed by atoms with Crippen LogP contribution >= 0.6 is 0 Å². The van der Waals surface area contributed by atoms with Crippen LogP contribution in [0.4, 0.5) is 0 Å². The predicted molar refractivity (Wildman–Crippen MR) is 69.4 cm³/mol. The van der Waals surface area contributed by atoms with E-state index in [0.29, 0.717) is 0 Å². The molecule has 0 aliphatic heterocycles. The van der Waals surface area contributed by atoms with Crippen molar-refractivity contribution < 1.29 is 173 Å². The van der Waals surface area contributed by atoms with Crippen LogP contribution in [0, 0.1) is 0 Å². The van der Waals surface area contributed by atoms with Gasteiger partial charge in [0.25, 0.3) is 0 Å². The summed E-state index contributed by atoms with van der Waals surface area (Å²) in [6, 6.07) is 5.54. The van der Waals surface area contributed by atoms with E-state index >= 15 is 0 Å². The molecule has 0 heterocycles. The van der Waals surface area contributed by atoms with Gasteiger partial charge >= 0.3 is 130 Å². The summed E-state index contributed by atoms with van der Waals surface area (Å²) < 4.78 is 0. The maximum atomic E-state index is 10.7. The predicted octanol–water partition coefficient (Wildman–Crippen LogP) is -16.0. The minimum absolute atomic E-state index is 0. The van der Waals surface area contributed by atoms with Crippen LogP contribution in [0.1, 0.15) is 29.6 Å². The fourth-order valence-corrected chi connectivity index (χ4v) is 0.970. The molecule has 1 rings (SSSR count). The van der Waals surface area contributed by atoms with Crippen LogP contribution < -0.4 is 139 Å². The summed E-state index contributed by atoms with van der Waals surface area (Å²) in [5.74, 6) is -7.32. The van der Waals surface area contributed by atoms with Crippen molar-refractivity contribution in [2.75, 3.05) is 0 Å². The summed E-state index contributed by atoms with van der Waals surface area (Å²) in [6.45, 7) is 0. The number of carbonyl (C=O) groups excluding carboxylic acids is 3. The average Bonchev–Trinajstić information content (AvgIpc) is 2.45. The quantitative estimate of drug-likeness (QED) is 0.307. The molecule has 0 amide bonds. The van der Waals surface area contributed by atoms with Crippen molar-refractivity contribution in [2.24, 2.45) is 0 Å². The molecule has 15 heteroatoms. The molecule has 138 valence electrons. The number of aromatic carboxylic acids is 1. The number of benzene rings is 1. The molecule has 0 atom stereocenters. The Balaban J connectivity index is -0.0000000651. The zero-order valence-corrected chi connectivity index (χ0v) is 24.5. The number of aliphatic carboxylic acids is 4. The molecule has 11 nitrogen and oxygen atoms in total. The van der Waals surface area contributed by atoms with Crippen LogP contribution in [0.3, 0.4) is 0 Å². The number of hydrogen-bond acceptors (Lipinski definition) is 9. The first-order valence-corrected chi connectivity index (χ1v) is 6.28. The second kappa shape index (κ2) is 26.4. The number of carboxylic acid groups (broad SMARTS) is 5. The second-order valence-corrected chi connectivity index (χ2v) is 3.99. The van der Waals surface area contributed by atoms with Gasteiger partial charge in [-0.05, 0) is 12.5 Å². The Morgan fingerprint density at radius 3 is 1.31 bits per heavy atom. The SMILES string of the molecule is O=C(O)c1ccccc1[O-].O=C([O-])CC(=O)[O-].O=C([O-])CCC(=O)O.[Na+].[Na+].[Na+].[Na+]. The normalized spacial score (nSPS) is 7.45. The van der Waals surface area contributed by atoms with Gasteiger partial charge in [0.2, 0.25) is 0 Å². The van der Waals surface area contributed by atoms with Crippen LogP contribution in [0.15, 0.2) is 24.3 Å². The van der Waals surface area contributed by atoms with E-state index in [4.69, 9.17) is 10.2 Å². The molecule has 0 aromatic heterocycles. The maximum absolute atomic E-state index is 10.7. The Hall–Kier alpha value is 0.370. The van der Waals surface area contributed by atoms with Crippen LogP contribution in [0.2, 0.25) is 0 Å². The first kappa shape index (κ1) is 43.3. The van der Waals surface area contributed by atoms with Gasteiger partial charge in [-0.3, -0.25) is 4.79 Å². The average molecular weight is 448 g/mol. The number of rotatable bonds is 6. The number of carbonyl (C=O) groups is 5. The number of para-hydroxylation sites is 1. The van der Waals surface area contributed by atoms with Gasteiger partial charge in [0.05, 0.1) is 12.0 Å². The molecule has 29 heavy (non-hydrogen) atoms. The van der Waals surface area contributed by atoms with E-state index in [9.17, 15) is 44.4 Å². The van der Waals surface area contributed by atoms with Gasteiger partial charge in [0.15, 0.2) is 0 Å². The Morgan fingerprint density at radius 1 is 0.724 bits per heavy atom. The largest absolute Gasteiger partial charge is 1.00 e. The van der Waals surface area contributed by atoms with Crippen LogP contribution in [-0.4, -0.2) is 40.1 Å². The summed E-state index contributed by atoms with van der Waals surface area (Å²) in [6.07, 6.45) is -1.79. The fraction of sp³-hybridized carbons (Fsp3) is 0.214. The molecule has 0 spiro atoms. The molecule has 0 saturated carbocycles. The molecular formula is C14H12Na4O11. The third kappa shape index (κ3) is 33.2. The van der Waals surface area contributed by atoms with E-state index in [2.05, 4.69) is 0 Å². The zero-order chi connectivity index (χ0) is 20.0. The van der Waals surface area contributed by atoms with E-state index in [1.807, 2.05) is 0 Å². The molecule has 1 aromatic rings. The Morgan fingerprint density at radius 2 is 1.14 bits per heavy atom. The first-order chi connectivity index (χ1) is 11.5. The third-order valence-corrected chi connectivity index (χ3v) is 1.95. The smallest absolute Gasteiger partial charge is 0.872 e. The van der Waals surface area contributed by atoms with E-state index in [1.54, 1.807) is 0 Å². The first-order valence-electron chi connectivity index (χ1n) is 6.28. The fourth-order valence-electron chi connectivity index (χ4n) is 0.970. The molecule has 0 saturated heterocycles. The summed E-state index contributed by atoms with van der Waals surface area (Å²) in [5.41, 5.74) is -0.178. The van der Waals surface area contributed by atoms with Gasteiger partial charge in [-0.25, -0.2) is 4.79 Å². The summed E-state index contributed by atoms with van der Waals surface area (Å²) in [7, 11) is 0. The number of carboxylic acids is 5. The maximum Gasteiger partial charge on any atom is 1.00 e. The van der Waals surface area contributed by atoms with Crippen molar-refractivity contribution in [3.05, 3.63) is 29.8 Å².